The van der Waals surface area contributed by atoms with Crippen molar-refractivity contribution in [2.24, 2.45) is 5.10 Å². The lowest BCUT2D eigenvalue weighted by molar-refractivity contribution is -0.118. The second kappa shape index (κ2) is 11.9. The number of nitrogens with one attached hydrogen (secondary N) is 1. The first kappa shape index (κ1) is 23.4. The molecule has 7 nitrogen and oxygen atoms in total. The number of rotatable bonds is 10. The van der Waals surface area contributed by atoms with Crippen LogP contribution in [0.25, 0.3) is 0 Å². The Morgan fingerprint density at radius 3 is 2.58 bits per heavy atom. The lowest BCUT2D eigenvalue weighted by Crippen LogP contribution is -2.19. The van der Waals surface area contributed by atoms with E-state index in [1.807, 2.05) is 24.3 Å². The van der Waals surface area contributed by atoms with Crippen molar-refractivity contribution >= 4 is 58.6 Å². The number of benzene rings is 2. The van der Waals surface area contributed by atoms with Crippen LogP contribution in [0.3, 0.4) is 0 Å². The zero-order chi connectivity index (χ0) is 22.1. The summed E-state index contributed by atoms with van der Waals surface area (Å²) in [6, 6.07) is 13.0. The fraction of sp³-hybridized carbons (Fsp3) is 0.200. The molecule has 1 amide bonds. The number of amides is 1. The number of carbonyl (C=O) groups excluding carboxylic acids is 1. The Bertz CT molecular complexity index is 1040. The third-order valence-electron chi connectivity index (χ3n) is 3.82. The number of carbonyl (C=O) groups is 1. The molecule has 1 aromatic heterocycles. The molecule has 0 fully saturated rings. The molecular weight excluding hydrogens is 476 g/mol. The Hall–Kier alpha value is -2.27. The van der Waals surface area contributed by atoms with E-state index in [0.29, 0.717) is 22.1 Å². The Morgan fingerprint density at radius 2 is 1.87 bits per heavy atom. The van der Waals surface area contributed by atoms with Gasteiger partial charge in [0.2, 0.25) is 0 Å². The summed E-state index contributed by atoms with van der Waals surface area (Å²) in [5.74, 6) is 2.02. The van der Waals surface area contributed by atoms with Crippen LogP contribution in [0.15, 0.2) is 56.2 Å². The van der Waals surface area contributed by atoms with E-state index >= 15 is 0 Å². The van der Waals surface area contributed by atoms with Crippen LogP contribution in [0, 0.1) is 0 Å². The molecule has 31 heavy (non-hydrogen) atoms. The van der Waals surface area contributed by atoms with Gasteiger partial charge in [-0.2, -0.15) is 5.10 Å². The van der Waals surface area contributed by atoms with Gasteiger partial charge in [0.1, 0.15) is 11.5 Å². The molecule has 0 unspecified atom stereocenters. The molecule has 2 aromatic carbocycles. The summed E-state index contributed by atoms with van der Waals surface area (Å²) in [6.07, 6.45) is 1.51. The zero-order valence-corrected chi connectivity index (χ0v) is 19.9. The molecular formula is C20H19ClN4O3S3. The van der Waals surface area contributed by atoms with Gasteiger partial charge < -0.3 is 9.47 Å². The highest BCUT2D eigenvalue weighted by Gasteiger charge is 2.09. The van der Waals surface area contributed by atoms with Crippen molar-refractivity contribution < 1.29 is 14.3 Å². The predicted molar refractivity (Wildman–Crippen MR) is 127 cm³/mol. The number of methoxy groups -OCH3 is 2. The molecule has 0 aliphatic rings. The van der Waals surface area contributed by atoms with E-state index in [1.165, 1.54) is 29.3 Å². The van der Waals surface area contributed by atoms with Crippen LogP contribution in [-0.4, -0.2) is 42.3 Å². The van der Waals surface area contributed by atoms with Crippen molar-refractivity contribution in [3.05, 3.63) is 58.6 Å². The minimum Gasteiger partial charge on any atom is -0.497 e. The zero-order valence-electron chi connectivity index (χ0n) is 16.7. The van der Waals surface area contributed by atoms with E-state index in [0.717, 1.165) is 20.0 Å². The first-order valence-electron chi connectivity index (χ1n) is 8.95. The average molecular weight is 495 g/mol. The lowest BCUT2D eigenvalue weighted by atomic mass is 10.2. The molecule has 0 saturated carbocycles. The van der Waals surface area contributed by atoms with Crippen molar-refractivity contribution in [1.29, 1.82) is 0 Å². The Morgan fingerprint density at radius 1 is 1.13 bits per heavy atom. The largest absolute Gasteiger partial charge is 0.497 e. The number of nitrogens with zero attached hydrogens (tertiary/aromatic N) is 3. The summed E-state index contributed by atoms with van der Waals surface area (Å²) in [4.78, 5) is 12.1. The highest BCUT2D eigenvalue weighted by Crippen LogP contribution is 2.30. The van der Waals surface area contributed by atoms with Gasteiger partial charge in [0.25, 0.3) is 5.91 Å². The van der Waals surface area contributed by atoms with Crippen LogP contribution >= 0.6 is 46.5 Å². The summed E-state index contributed by atoms with van der Waals surface area (Å²) in [7, 11) is 3.15. The number of hydrogen-bond donors (Lipinski definition) is 1. The molecule has 0 saturated heterocycles. The van der Waals surface area contributed by atoms with E-state index in [9.17, 15) is 4.79 Å². The number of hydrogen-bond acceptors (Lipinski definition) is 9. The molecule has 1 heterocycles. The Kier molecular flexibility index (Phi) is 9.01. The predicted octanol–water partition coefficient (Wildman–Crippen LogP) is 4.74. The molecule has 0 radical (unpaired) electrons. The van der Waals surface area contributed by atoms with Gasteiger partial charge in [-0.05, 0) is 35.9 Å². The quantitative estimate of drug-likeness (QED) is 0.247. The molecule has 162 valence electrons. The molecule has 11 heteroatoms. The Labute approximate surface area is 197 Å². The summed E-state index contributed by atoms with van der Waals surface area (Å²) >= 11 is 10.3. The topological polar surface area (TPSA) is 85.7 Å². The standard InChI is InChI=1S/C20H19ClN4O3S3/c1-27-16-7-8-17(28-2)14(9-16)10-22-23-18(26)12-30-20-25-24-19(31-20)29-11-13-3-5-15(21)6-4-13/h3-10H,11-12H2,1-2H3,(H,23,26)/b22-10+. The van der Waals surface area contributed by atoms with Crippen LogP contribution < -0.4 is 14.9 Å². The molecule has 0 atom stereocenters. The maximum Gasteiger partial charge on any atom is 0.250 e. The molecule has 3 aromatic rings. The van der Waals surface area contributed by atoms with Crippen molar-refractivity contribution in [3.8, 4) is 11.5 Å². The van der Waals surface area contributed by atoms with Gasteiger partial charge in [-0.25, -0.2) is 5.43 Å². The first-order valence-corrected chi connectivity index (χ1v) is 12.1. The number of ether oxygens (including phenoxy) is 2. The van der Waals surface area contributed by atoms with Crippen molar-refractivity contribution in [2.45, 2.75) is 14.4 Å². The van der Waals surface area contributed by atoms with E-state index in [1.54, 1.807) is 44.2 Å². The van der Waals surface area contributed by atoms with Crippen molar-refractivity contribution in [1.82, 2.24) is 15.6 Å². The fourth-order valence-corrected chi connectivity index (χ4v) is 5.21. The molecule has 3 rings (SSSR count). The van der Waals surface area contributed by atoms with Crippen LogP contribution in [0.1, 0.15) is 11.1 Å². The maximum atomic E-state index is 12.1. The third-order valence-corrected chi connectivity index (χ3v) is 7.33. The van der Waals surface area contributed by atoms with Gasteiger partial charge in [0.15, 0.2) is 8.68 Å². The molecule has 0 aliphatic carbocycles. The van der Waals surface area contributed by atoms with E-state index in [4.69, 9.17) is 21.1 Å². The summed E-state index contributed by atoms with van der Waals surface area (Å²) in [5.41, 5.74) is 4.35. The van der Waals surface area contributed by atoms with Gasteiger partial charge in [0.05, 0.1) is 26.2 Å². The van der Waals surface area contributed by atoms with Gasteiger partial charge in [0, 0.05) is 16.3 Å². The number of hydrazone groups is 1. The first-order chi connectivity index (χ1) is 15.1. The number of thioether (sulfide) groups is 2. The van der Waals surface area contributed by atoms with Crippen LogP contribution in [0.2, 0.25) is 5.02 Å². The van der Waals surface area contributed by atoms with E-state index in [2.05, 4.69) is 20.7 Å². The molecule has 1 N–H and O–H groups in total. The third kappa shape index (κ3) is 7.42. The number of aromatic nitrogens is 2. The van der Waals surface area contributed by atoms with E-state index < -0.39 is 0 Å². The Balaban J connectivity index is 1.45. The second-order valence-corrected chi connectivity index (χ2v) is 9.80. The van der Waals surface area contributed by atoms with Gasteiger partial charge in [-0.3, -0.25) is 4.79 Å². The smallest absolute Gasteiger partial charge is 0.250 e. The van der Waals surface area contributed by atoms with Gasteiger partial charge in [-0.1, -0.05) is 58.6 Å². The van der Waals surface area contributed by atoms with Gasteiger partial charge >= 0.3 is 0 Å². The average Bonchev–Trinajstić information content (AvgIpc) is 3.25. The van der Waals surface area contributed by atoms with Crippen molar-refractivity contribution in [3.63, 3.8) is 0 Å². The minimum absolute atomic E-state index is 0.184. The summed E-state index contributed by atoms with van der Waals surface area (Å²) in [6.45, 7) is 0. The molecule has 0 aliphatic heterocycles. The SMILES string of the molecule is COc1ccc(OC)c(/C=N/NC(=O)CSc2nnc(SCc3ccc(Cl)cc3)s2)c1. The maximum absolute atomic E-state index is 12.1. The highest BCUT2D eigenvalue weighted by atomic mass is 35.5. The van der Waals surface area contributed by atoms with Crippen molar-refractivity contribution in [2.75, 3.05) is 20.0 Å². The molecule has 0 bridgehead atoms. The fourth-order valence-electron chi connectivity index (χ4n) is 2.31. The number of halogens is 1. The van der Waals surface area contributed by atoms with Crippen LogP contribution in [0.5, 0.6) is 11.5 Å². The lowest BCUT2D eigenvalue weighted by Gasteiger charge is -2.06. The van der Waals surface area contributed by atoms with Crippen LogP contribution in [0.4, 0.5) is 0 Å². The minimum atomic E-state index is -0.242. The normalized spacial score (nSPS) is 10.9. The van der Waals surface area contributed by atoms with Gasteiger partial charge in [-0.15, -0.1) is 10.2 Å². The monoisotopic (exact) mass is 494 g/mol. The van der Waals surface area contributed by atoms with Crippen LogP contribution in [-0.2, 0) is 10.5 Å². The molecule has 0 spiro atoms. The summed E-state index contributed by atoms with van der Waals surface area (Å²) in [5, 5.41) is 13.0. The summed E-state index contributed by atoms with van der Waals surface area (Å²) < 4.78 is 12.0. The van der Waals surface area contributed by atoms with E-state index in [-0.39, 0.29) is 11.7 Å². The second-order valence-electron chi connectivity index (χ2n) is 5.94. The highest BCUT2D eigenvalue weighted by molar-refractivity contribution is 8.03.